The third kappa shape index (κ3) is 6.56. The molecule has 0 bridgehead atoms. The van der Waals surface area contributed by atoms with Gasteiger partial charge in [0, 0.05) is 6.42 Å². The summed E-state index contributed by atoms with van der Waals surface area (Å²) in [6, 6.07) is 5.16. The second-order valence-electron chi connectivity index (χ2n) is 5.47. The van der Waals surface area contributed by atoms with Gasteiger partial charge in [-0.25, -0.2) is 9.18 Å². The van der Waals surface area contributed by atoms with Gasteiger partial charge in [-0.3, -0.25) is 4.79 Å². The molecule has 1 aromatic rings. The number of nitrogens with one attached hydrogen (secondary N) is 1. The average molecular weight is 311 g/mol. The van der Waals surface area contributed by atoms with Crippen LogP contribution in [0.3, 0.4) is 0 Å². The highest BCUT2D eigenvalue weighted by atomic mass is 19.1. The fourth-order valence-electron chi connectivity index (χ4n) is 1.94. The number of para-hydroxylation sites is 1. The first-order valence-corrected chi connectivity index (χ1v) is 7.29. The lowest BCUT2D eigenvalue weighted by atomic mass is 10.0. The van der Waals surface area contributed by atoms with Gasteiger partial charge in [-0.15, -0.1) is 0 Å². The monoisotopic (exact) mass is 311 g/mol. The van der Waals surface area contributed by atoms with Crippen LogP contribution in [-0.4, -0.2) is 29.6 Å². The number of carbonyl (C=O) groups excluding carboxylic acids is 1. The van der Waals surface area contributed by atoms with Crippen molar-refractivity contribution in [2.75, 3.05) is 6.61 Å². The number of halogens is 1. The van der Waals surface area contributed by atoms with Crippen molar-refractivity contribution in [3.63, 3.8) is 0 Å². The smallest absolute Gasteiger partial charge is 0.326 e. The summed E-state index contributed by atoms with van der Waals surface area (Å²) in [6.45, 7) is 3.98. The van der Waals surface area contributed by atoms with Crippen LogP contribution in [0.25, 0.3) is 0 Å². The molecule has 5 nitrogen and oxygen atoms in total. The molecule has 0 saturated carbocycles. The molecule has 0 aromatic heterocycles. The van der Waals surface area contributed by atoms with Crippen molar-refractivity contribution >= 4 is 11.9 Å². The summed E-state index contributed by atoms with van der Waals surface area (Å²) in [5.41, 5.74) is 0. The van der Waals surface area contributed by atoms with Gasteiger partial charge >= 0.3 is 5.97 Å². The Morgan fingerprint density at radius 2 is 2.00 bits per heavy atom. The summed E-state index contributed by atoms with van der Waals surface area (Å²) in [7, 11) is 0. The highest BCUT2D eigenvalue weighted by Gasteiger charge is 2.20. The Labute approximate surface area is 129 Å². The number of hydrogen-bond acceptors (Lipinski definition) is 3. The summed E-state index contributed by atoms with van der Waals surface area (Å²) in [6.07, 6.45) is 0.900. The molecule has 0 heterocycles. The number of carboxylic acids is 1. The van der Waals surface area contributed by atoms with Crippen LogP contribution in [0.2, 0.25) is 0 Å². The number of carboxylic acid groups (broad SMARTS) is 1. The Morgan fingerprint density at radius 1 is 1.32 bits per heavy atom. The Hall–Kier alpha value is -2.11. The number of carbonyl (C=O) groups is 2. The molecule has 1 atom stereocenters. The Bertz CT molecular complexity index is 505. The molecule has 0 saturated heterocycles. The van der Waals surface area contributed by atoms with Gasteiger partial charge in [0.15, 0.2) is 11.6 Å². The molecule has 0 unspecified atom stereocenters. The van der Waals surface area contributed by atoms with Crippen LogP contribution in [0.5, 0.6) is 5.75 Å². The molecule has 0 aliphatic rings. The van der Waals surface area contributed by atoms with E-state index in [-0.39, 0.29) is 30.6 Å². The first kappa shape index (κ1) is 17.9. The molecular weight excluding hydrogens is 289 g/mol. The second kappa shape index (κ2) is 9.02. The van der Waals surface area contributed by atoms with Crippen molar-refractivity contribution in [1.82, 2.24) is 5.32 Å². The van der Waals surface area contributed by atoms with Crippen molar-refractivity contribution in [2.45, 2.75) is 39.2 Å². The quantitative estimate of drug-likeness (QED) is 0.687. The summed E-state index contributed by atoms with van der Waals surface area (Å²) in [5.74, 6) is -1.51. The normalized spacial score (nSPS) is 12.0. The molecular formula is C16H22FNO4. The topological polar surface area (TPSA) is 75.6 Å². The van der Waals surface area contributed by atoms with E-state index in [1.807, 2.05) is 13.8 Å². The maximum absolute atomic E-state index is 13.3. The van der Waals surface area contributed by atoms with Crippen LogP contribution < -0.4 is 10.1 Å². The first-order chi connectivity index (χ1) is 10.4. The zero-order valence-electron chi connectivity index (χ0n) is 12.8. The fraction of sp³-hybridized carbons (Fsp3) is 0.500. The maximum atomic E-state index is 13.3. The van der Waals surface area contributed by atoms with Crippen LogP contribution in [0.4, 0.5) is 4.39 Å². The average Bonchev–Trinajstić information content (AvgIpc) is 2.44. The number of ether oxygens (including phenoxy) is 1. The van der Waals surface area contributed by atoms with Crippen LogP contribution in [0.1, 0.15) is 33.1 Å². The number of hydrogen-bond donors (Lipinski definition) is 2. The van der Waals surface area contributed by atoms with Crippen molar-refractivity contribution in [3.8, 4) is 5.75 Å². The molecule has 1 aromatic carbocycles. The minimum Gasteiger partial charge on any atom is -0.491 e. The van der Waals surface area contributed by atoms with E-state index in [0.29, 0.717) is 12.8 Å². The van der Waals surface area contributed by atoms with Crippen LogP contribution in [0, 0.1) is 11.7 Å². The number of amides is 1. The highest BCUT2D eigenvalue weighted by Crippen LogP contribution is 2.15. The van der Waals surface area contributed by atoms with Crippen LogP contribution >= 0.6 is 0 Å². The van der Waals surface area contributed by atoms with E-state index in [0.717, 1.165) is 0 Å². The predicted octanol–water partition coefficient (Wildman–Crippen LogP) is 2.60. The van der Waals surface area contributed by atoms with Gasteiger partial charge in [0.2, 0.25) is 5.91 Å². The Kier molecular flexibility index (Phi) is 7.36. The molecule has 0 radical (unpaired) electrons. The van der Waals surface area contributed by atoms with E-state index >= 15 is 0 Å². The lowest BCUT2D eigenvalue weighted by Gasteiger charge is -2.16. The number of rotatable bonds is 9. The fourth-order valence-corrected chi connectivity index (χ4v) is 1.94. The second-order valence-corrected chi connectivity index (χ2v) is 5.47. The van der Waals surface area contributed by atoms with Gasteiger partial charge in [0.05, 0.1) is 6.61 Å². The summed E-state index contributed by atoms with van der Waals surface area (Å²) < 4.78 is 18.5. The molecule has 0 aliphatic carbocycles. The van der Waals surface area contributed by atoms with E-state index in [4.69, 9.17) is 9.84 Å². The molecule has 0 aliphatic heterocycles. The summed E-state index contributed by atoms with van der Waals surface area (Å²) in [4.78, 5) is 22.8. The standard InChI is InChI=1S/C16H22FNO4/c1-11(2)10-13(16(20)21)18-15(19)8-5-9-22-14-7-4-3-6-12(14)17/h3-4,6-7,11,13H,5,8-10H2,1-2H3,(H,18,19)(H,20,21)/t13-/m0/s1. The zero-order valence-corrected chi connectivity index (χ0v) is 12.8. The van der Waals surface area contributed by atoms with E-state index < -0.39 is 17.8 Å². The lowest BCUT2D eigenvalue weighted by molar-refractivity contribution is -0.142. The minimum absolute atomic E-state index is 0.135. The third-order valence-electron chi connectivity index (χ3n) is 2.98. The molecule has 0 spiro atoms. The van der Waals surface area contributed by atoms with Gasteiger partial charge < -0.3 is 15.2 Å². The van der Waals surface area contributed by atoms with Gasteiger partial charge in [-0.05, 0) is 30.9 Å². The van der Waals surface area contributed by atoms with Crippen LogP contribution in [0.15, 0.2) is 24.3 Å². The van der Waals surface area contributed by atoms with Gasteiger partial charge in [0.25, 0.3) is 0 Å². The predicted molar refractivity (Wildman–Crippen MR) is 80.2 cm³/mol. The molecule has 122 valence electrons. The van der Waals surface area contributed by atoms with Crippen molar-refractivity contribution < 1.29 is 23.8 Å². The van der Waals surface area contributed by atoms with Crippen molar-refractivity contribution in [2.24, 2.45) is 5.92 Å². The van der Waals surface area contributed by atoms with Gasteiger partial charge in [-0.2, -0.15) is 0 Å². The van der Waals surface area contributed by atoms with Gasteiger partial charge in [-0.1, -0.05) is 26.0 Å². The number of benzene rings is 1. The first-order valence-electron chi connectivity index (χ1n) is 7.29. The molecule has 1 rings (SSSR count). The third-order valence-corrected chi connectivity index (χ3v) is 2.98. The SMILES string of the molecule is CC(C)C[C@H](NC(=O)CCCOc1ccccc1F)C(=O)O. The lowest BCUT2D eigenvalue weighted by Crippen LogP contribution is -2.41. The van der Waals surface area contributed by atoms with Crippen molar-refractivity contribution in [3.05, 3.63) is 30.1 Å². The van der Waals surface area contributed by atoms with Gasteiger partial charge in [0.1, 0.15) is 6.04 Å². The minimum atomic E-state index is -1.04. The molecule has 22 heavy (non-hydrogen) atoms. The van der Waals surface area contributed by atoms with Crippen molar-refractivity contribution in [1.29, 1.82) is 0 Å². The van der Waals surface area contributed by atoms with E-state index in [9.17, 15) is 14.0 Å². The highest BCUT2D eigenvalue weighted by molar-refractivity contribution is 5.83. The Morgan fingerprint density at radius 3 is 2.59 bits per heavy atom. The Balaban J connectivity index is 2.30. The summed E-state index contributed by atoms with van der Waals surface area (Å²) >= 11 is 0. The molecule has 6 heteroatoms. The van der Waals surface area contributed by atoms with E-state index in [2.05, 4.69) is 5.32 Å². The molecule has 2 N–H and O–H groups in total. The summed E-state index contributed by atoms with van der Waals surface area (Å²) in [5, 5.41) is 11.5. The number of aliphatic carboxylic acids is 1. The van der Waals surface area contributed by atoms with Crippen LogP contribution in [-0.2, 0) is 9.59 Å². The zero-order chi connectivity index (χ0) is 16.5. The van der Waals surface area contributed by atoms with E-state index in [1.165, 1.54) is 12.1 Å². The molecule has 0 fully saturated rings. The van der Waals surface area contributed by atoms with E-state index in [1.54, 1.807) is 12.1 Å². The molecule has 1 amide bonds. The largest absolute Gasteiger partial charge is 0.491 e. The maximum Gasteiger partial charge on any atom is 0.326 e.